The third-order valence-electron chi connectivity index (χ3n) is 5.19. The number of carbonyl (C=O) groups excluding carboxylic acids is 1. The van der Waals surface area contributed by atoms with Crippen LogP contribution in [0.2, 0.25) is 0 Å². The van der Waals surface area contributed by atoms with Crippen molar-refractivity contribution in [3.63, 3.8) is 0 Å². The van der Waals surface area contributed by atoms with Gasteiger partial charge in [0.1, 0.15) is 0 Å². The summed E-state index contributed by atoms with van der Waals surface area (Å²) < 4.78 is 2.08. The largest absolute Gasteiger partial charge is 0.493 e. The van der Waals surface area contributed by atoms with Crippen LogP contribution in [0.25, 0.3) is 21.8 Å². The number of H-pyrrole nitrogens is 1. The van der Waals surface area contributed by atoms with Gasteiger partial charge in [0.05, 0.1) is 23.0 Å². The molecule has 0 aliphatic heterocycles. The lowest BCUT2D eigenvalue weighted by Crippen LogP contribution is -2.28. The lowest BCUT2D eigenvalue weighted by Gasteiger charge is -2.11. The number of carbonyl (C=O) groups is 1. The minimum Gasteiger partial charge on any atom is -0.493 e. The van der Waals surface area contributed by atoms with Crippen molar-refractivity contribution in [3.8, 4) is 5.88 Å². The number of rotatable bonds is 4. The number of halogens is 1. The van der Waals surface area contributed by atoms with Crippen molar-refractivity contribution in [3.05, 3.63) is 99.0 Å². The van der Waals surface area contributed by atoms with Crippen LogP contribution in [-0.4, -0.2) is 25.5 Å². The molecule has 2 aromatic heterocycles. The number of aromatic hydroxyl groups is 1. The van der Waals surface area contributed by atoms with Gasteiger partial charge in [0, 0.05) is 9.86 Å². The molecule has 0 fully saturated rings. The van der Waals surface area contributed by atoms with Crippen molar-refractivity contribution in [2.45, 2.75) is 6.54 Å². The second-order valence-electron chi connectivity index (χ2n) is 7.35. The number of hydrogen-bond acceptors (Lipinski definition) is 5. The SMILES string of the molecule is O=C(N=Nc1c(O)[nH]c2ccc(Br)cc12)c1nc2ccccc2c(=O)n1Cc1ccccc1. The number of azo groups is 1. The first-order valence-corrected chi connectivity index (χ1v) is 10.8. The van der Waals surface area contributed by atoms with E-state index in [0.717, 1.165) is 10.0 Å². The smallest absolute Gasteiger partial charge is 0.331 e. The molecule has 0 aliphatic carbocycles. The van der Waals surface area contributed by atoms with Gasteiger partial charge in [-0.05, 0) is 35.9 Å². The number of nitrogens with one attached hydrogen (secondary N) is 1. The quantitative estimate of drug-likeness (QED) is 0.324. The molecule has 5 rings (SSSR count). The van der Waals surface area contributed by atoms with E-state index in [1.807, 2.05) is 36.4 Å². The van der Waals surface area contributed by atoms with Crippen LogP contribution < -0.4 is 5.56 Å². The number of amides is 1. The highest BCUT2D eigenvalue weighted by molar-refractivity contribution is 9.10. The van der Waals surface area contributed by atoms with Gasteiger partial charge in [0.15, 0.2) is 5.69 Å². The first-order chi connectivity index (χ1) is 16.0. The third kappa shape index (κ3) is 3.94. The minimum atomic E-state index is -0.794. The number of aromatic nitrogens is 3. The third-order valence-corrected chi connectivity index (χ3v) is 5.68. The number of hydrogen-bond donors (Lipinski definition) is 2. The molecular weight excluding hydrogens is 486 g/mol. The Balaban J connectivity index is 1.61. The van der Waals surface area contributed by atoms with Crippen LogP contribution in [0.5, 0.6) is 5.88 Å². The van der Waals surface area contributed by atoms with E-state index in [1.54, 1.807) is 36.4 Å². The molecule has 162 valence electrons. The fourth-order valence-corrected chi connectivity index (χ4v) is 3.98. The summed E-state index contributed by atoms with van der Waals surface area (Å²) in [5.74, 6) is -1.14. The van der Waals surface area contributed by atoms with Crippen LogP contribution >= 0.6 is 15.9 Å². The second-order valence-corrected chi connectivity index (χ2v) is 8.26. The second kappa shape index (κ2) is 8.44. The normalized spacial score (nSPS) is 11.5. The topological polar surface area (TPSA) is 113 Å². The number of aromatic amines is 1. The van der Waals surface area contributed by atoms with Crippen LogP contribution in [0.1, 0.15) is 16.2 Å². The summed E-state index contributed by atoms with van der Waals surface area (Å²) >= 11 is 3.38. The highest BCUT2D eigenvalue weighted by Gasteiger charge is 2.19. The fraction of sp³-hybridized carbons (Fsp3) is 0.0417. The zero-order chi connectivity index (χ0) is 22.9. The first-order valence-electron chi connectivity index (χ1n) is 10.0. The van der Waals surface area contributed by atoms with Crippen molar-refractivity contribution in [1.29, 1.82) is 0 Å². The van der Waals surface area contributed by atoms with Crippen molar-refractivity contribution in [1.82, 2.24) is 14.5 Å². The average Bonchev–Trinajstić information content (AvgIpc) is 3.14. The Kier molecular flexibility index (Phi) is 5.31. The summed E-state index contributed by atoms with van der Waals surface area (Å²) in [6.45, 7) is 0.152. The zero-order valence-corrected chi connectivity index (χ0v) is 18.7. The predicted molar refractivity (Wildman–Crippen MR) is 128 cm³/mol. The Bertz CT molecular complexity index is 1610. The van der Waals surface area contributed by atoms with Gasteiger partial charge in [-0.25, -0.2) is 4.98 Å². The molecule has 33 heavy (non-hydrogen) atoms. The van der Waals surface area contributed by atoms with E-state index in [1.165, 1.54) is 4.57 Å². The van der Waals surface area contributed by atoms with Gasteiger partial charge in [-0.3, -0.25) is 14.2 Å². The molecule has 9 heteroatoms. The summed E-state index contributed by atoms with van der Waals surface area (Å²) in [5.41, 5.74) is 1.65. The maximum Gasteiger partial charge on any atom is 0.331 e. The number of para-hydroxylation sites is 1. The maximum absolute atomic E-state index is 13.2. The molecular formula is C24H16BrN5O3. The van der Waals surface area contributed by atoms with Crippen molar-refractivity contribution in [2.24, 2.45) is 10.2 Å². The molecule has 1 amide bonds. The summed E-state index contributed by atoms with van der Waals surface area (Å²) in [7, 11) is 0. The van der Waals surface area contributed by atoms with E-state index in [9.17, 15) is 14.7 Å². The molecule has 0 spiro atoms. The molecule has 5 aromatic rings. The molecule has 0 saturated heterocycles. The van der Waals surface area contributed by atoms with E-state index in [0.29, 0.717) is 21.8 Å². The van der Waals surface area contributed by atoms with Gasteiger partial charge in [0.25, 0.3) is 5.56 Å². The van der Waals surface area contributed by atoms with E-state index in [-0.39, 0.29) is 29.5 Å². The minimum absolute atomic E-state index is 0.123. The number of nitrogens with zero attached hydrogens (tertiary/aromatic N) is 4. The molecule has 0 saturated carbocycles. The number of benzene rings is 3. The molecule has 8 nitrogen and oxygen atoms in total. The average molecular weight is 502 g/mol. The lowest BCUT2D eigenvalue weighted by atomic mass is 10.2. The standard InChI is InChI=1S/C24H16BrN5O3/c25-15-10-11-19-17(12-15)20(22(31)27-19)28-29-23(32)21-26-18-9-5-4-8-16(18)24(33)30(21)13-14-6-2-1-3-7-14/h1-12,27,31H,13H2. The molecule has 2 heterocycles. The van der Waals surface area contributed by atoms with Gasteiger partial charge in [-0.15, -0.1) is 10.2 Å². The summed E-state index contributed by atoms with van der Waals surface area (Å²) in [6, 6.07) is 21.5. The highest BCUT2D eigenvalue weighted by Crippen LogP contribution is 2.36. The van der Waals surface area contributed by atoms with Gasteiger partial charge >= 0.3 is 5.91 Å². The molecule has 0 aliphatic rings. The summed E-state index contributed by atoms with van der Waals surface area (Å²) in [6.07, 6.45) is 0. The monoisotopic (exact) mass is 501 g/mol. The van der Waals surface area contributed by atoms with Gasteiger partial charge < -0.3 is 10.1 Å². The predicted octanol–water partition coefficient (Wildman–Crippen LogP) is 5.32. The van der Waals surface area contributed by atoms with Gasteiger partial charge in [0.2, 0.25) is 11.7 Å². The Hall–Kier alpha value is -4.11. The summed E-state index contributed by atoms with van der Waals surface area (Å²) in [5, 5.41) is 19.0. The molecule has 3 aromatic carbocycles. The van der Waals surface area contributed by atoms with Crippen molar-refractivity contribution in [2.75, 3.05) is 0 Å². The van der Waals surface area contributed by atoms with Gasteiger partial charge in [-0.1, -0.05) is 58.4 Å². The van der Waals surface area contributed by atoms with Crippen molar-refractivity contribution >= 4 is 49.3 Å². The zero-order valence-electron chi connectivity index (χ0n) is 17.1. The van der Waals surface area contributed by atoms with Gasteiger partial charge in [-0.2, -0.15) is 0 Å². The first kappa shape index (κ1) is 20.8. The molecule has 2 N–H and O–H groups in total. The summed E-state index contributed by atoms with van der Waals surface area (Å²) in [4.78, 5) is 33.5. The Morgan fingerprint density at radius 2 is 1.79 bits per heavy atom. The van der Waals surface area contributed by atoms with E-state index < -0.39 is 5.91 Å². The van der Waals surface area contributed by atoms with E-state index in [2.05, 4.69) is 36.1 Å². The van der Waals surface area contributed by atoms with E-state index >= 15 is 0 Å². The molecule has 0 atom stereocenters. The van der Waals surface area contributed by atoms with Crippen LogP contribution in [0.4, 0.5) is 5.69 Å². The van der Waals surface area contributed by atoms with Crippen LogP contribution in [0, 0.1) is 0 Å². The van der Waals surface area contributed by atoms with Crippen LogP contribution in [0.3, 0.4) is 0 Å². The number of fused-ring (bicyclic) bond motifs is 2. The Morgan fingerprint density at radius 3 is 2.61 bits per heavy atom. The maximum atomic E-state index is 13.2. The van der Waals surface area contributed by atoms with Crippen molar-refractivity contribution < 1.29 is 9.90 Å². The Morgan fingerprint density at radius 1 is 1.03 bits per heavy atom. The lowest BCUT2D eigenvalue weighted by molar-refractivity contribution is 0.0980. The Labute approximate surface area is 195 Å². The fourth-order valence-electron chi connectivity index (χ4n) is 3.62. The van der Waals surface area contributed by atoms with Crippen LogP contribution in [-0.2, 0) is 6.54 Å². The van der Waals surface area contributed by atoms with E-state index in [4.69, 9.17) is 0 Å². The highest BCUT2D eigenvalue weighted by atomic mass is 79.9. The van der Waals surface area contributed by atoms with Crippen LogP contribution in [0.15, 0.2) is 92.3 Å². The molecule has 0 bridgehead atoms. The molecule has 0 radical (unpaired) electrons. The molecule has 0 unspecified atom stereocenters.